The molecule has 178 valence electrons. The van der Waals surface area contributed by atoms with Gasteiger partial charge in [-0.1, -0.05) is 18.2 Å². The van der Waals surface area contributed by atoms with Crippen molar-refractivity contribution in [1.29, 1.82) is 0 Å². The number of carbonyl (C=O) groups is 2. The molecule has 2 amide bonds. The molecule has 3 aromatic rings. The first-order valence-electron chi connectivity index (χ1n) is 11.2. The van der Waals surface area contributed by atoms with Crippen molar-refractivity contribution in [1.82, 2.24) is 0 Å². The fourth-order valence-corrected chi connectivity index (χ4v) is 3.61. The lowest BCUT2D eigenvalue weighted by atomic mass is 10.1. The second-order valence-corrected chi connectivity index (χ2v) is 7.95. The fraction of sp³-hybridized carbons (Fsp3) is 0.259. The van der Waals surface area contributed by atoms with Gasteiger partial charge in [0.1, 0.15) is 0 Å². The number of nitrogens with zero attached hydrogens (tertiary/aromatic N) is 1. The fourth-order valence-electron chi connectivity index (χ4n) is 3.61. The second kappa shape index (κ2) is 11.7. The highest BCUT2D eigenvalue weighted by Gasteiger charge is 2.12. The third-order valence-electron chi connectivity index (χ3n) is 5.26. The van der Waals surface area contributed by atoms with Gasteiger partial charge in [0.05, 0.1) is 7.11 Å². The molecule has 0 atom stereocenters. The maximum absolute atomic E-state index is 12.7. The summed E-state index contributed by atoms with van der Waals surface area (Å²) in [6, 6.07) is 22.0. The van der Waals surface area contributed by atoms with E-state index in [1.54, 1.807) is 49.6 Å². The Hall–Kier alpha value is -4.00. The third-order valence-corrected chi connectivity index (χ3v) is 5.26. The Morgan fingerprint density at radius 2 is 1.53 bits per heavy atom. The molecule has 0 bridgehead atoms. The van der Waals surface area contributed by atoms with E-state index in [1.807, 2.05) is 30.3 Å². The minimum Gasteiger partial charge on any atom is -0.493 e. The lowest BCUT2D eigenvalue weighted by molar-refractivity contribution is -0.118. The van der Waals surface area contributed by atoms with Gasteiger partial charge in [-0.2, -0.15) is 0 Å². The van der Waals surface area contributed by atoms with Crippen LogP contribution in [0.5, 0.6) is 11.5 Å². The van der Waals surface area contributed by atoms with Gasteiger partial charge in [0.25, 0.3) is 11.8 Å². The van der Waals surface area contributed by atoms with Crippen molar-refractivity contribution in [2.75, 3.05) is 35.8 Å². The van der Waals surface area contributed by atoms with Gasteiger partial charge < -0.3 is 25.0 Å². The van der Waals surface area contributed by atoms with Crippen LogP contribution in [0.2, 0.25) is 0 Å². The highest BCUT2D eigenvalue weighted by atomic mass is 16.5. The molecule has 3 aromatic carbocycles. The molecule has 0 aliphatic rings. The largest absolute Gasteiger partial charge is 0.493 e. The molecule has 0 saturated heterocycles. The lowest BCUT2D eigenvalue weighted by Gasteiger charge is -2.27. The lowest BCUT2D eigenvalue weighted by Crippen LogP contribution is -2.30. The quantitative estimate of drug-likeness (QED) is 0.434. The van der Waals surface area contributed by atoms with Crippen molar-refractivity contribution in [3.8, 4) is 11.5 Å². The number of nitrogens with one attached hydrogen (secondary N) is 2. The van der Waals surface area contributed by atoms with E-state index in [-0.39, 0.29) is 18.4 Å². The van der Waals surface area contributed by atoms with Crippen LogP contribution in [0.25, 0.3) is 0 Å². The summed E-state index contributed by atoms with van der Waals surface area (Å²) < 4.78 is 10.8. The number of hydrogen-bond donors (Lipinski definition) is 2. The first kappa shape index (κ1) is 24.6. The summed E-state index contributed by atoms with van der Waals surface area (Å²) in [6.45, 7) is 7.11. The molecule has 7 nitrogen and oxygen atoms in total. The van der Waals surface area contributed by atoms with Gasteiger partial charge in [-0.25, -0.2) is 0 Å². The van der Waals surface area contributed by atoms with Crippen LogP contribution < -0.4 is 25.0 Å². The number of methoxy groups -OCH3 is 1. The Morgan fingerprint density at radius 1 is 0.882 bits per heavy atom. The van der Waals surface area contributed by atoms with E-state index in [4.69, 9.17) is 9.47 Å². The zero-order chi connectivity index (χ0) is 24.5. The van der Waals surface area contributed by atoms with E-state index < -0.39 is 0 Å². The molecule has 0 fully saturated rings. The highest BCUT2D eigenvalue weighted by Crippen LogP contribution is 2.26. The molecular formula is C27H31N3O4. The number of carbonyl (C=O) groups excluding carboxylic acids is 2. The molecule has 2 N–H and O–H groups in total. The Balaban J connectivity index is 1.58. The van der Waals surface area contributed by atoms with E-state index >= 15 is 0 Å². The average molecular weight is 462 g/mol. The zero-order valence-corrected chi connectivity index (χ0v) is 20.0. The van der Waals surface area contributed by atoms with Gasteiger partial charge >= 0.3 is 0 Å². The van der Waals surface area contributed by atoms with E-state index in [0.717, 1.165) is 12.2 Å². The van der Waals surface area contributed by atoms with Gasteiger partial charge in [-0.15, -0.1) is 0 Å². The van der Waals surface area contributed by atoms with Crippen molar-refractivity contribution in [2.45, 2.75) is 26.8 Å². The number of hydrogen-bond acceptors (Lipinski definition) is 5. The molecule has 0 saturated carbocycles. The predicted octanol–water partition coefficient (Wildman–Crippen LogP) is 5.20. The summed E-state index contributed by atoms with van der Waals surface area (Å²) in [5.74, 6) is 0.500. The third kappa shape index (κ3) is 6.51. The molecule has 0 radical (unpaired) electrons. The van der Waals surface area contributed by atoms with Gasteiger partial charge in [0, 0.05) is 35.2 Å². The Kier molecular flexibility index (Phi) is 8.51. The van der Waals surface area contributed by atoms with E-state index in [0.29, 0.717) is 34.5 Å². The smallest absolute Gasteiger partial charge is 0.262 e. The van der Waals surface area contributed by atoms with Crippen molar-refractivity contribution in [2.24, 2.45) is 0 Å². The number of rotatable bonds is 10. The molecular weight excluding hydrogens is 430 g/mol. The van der Waals surface area contributed by atoms with Gasteiger partial charge in [0.2, 0.25) is 0 Å². The van der Waals surface area contributed by atoms with E-state index in [1.165, 1.54) is 0 Å². The molecule has 0 heterocycles. The average Bonchev–Trinajstić information content (AvgIpc) is 2.83. The maximum atomic E-state index is 12.7. The van der Waals surface area contributed by atoms with Crippen LogP contribution in [0, 0.1) is 0 Å². The van der Waals surface area contributed by atoms with Crippen molar-refractivity contribution >= 4 is 28.9 Å². The van der Waals surface area contributed by atoms with Crippen molar-refractivity contribution in [3.05, 3.63) is 78.4 Å². The first-order chi connectivity index (χ1) is 16.4. The molecule has 0 aliphatic heterocycles. The summed E-state index contributed by atoms with van der Waals surface area (Å²) in [6.07, 6.45) is 0. The summed E-state index contributed by atoms with van der Waals surface area (Å²) in [5, 5.41) is 5.66. The molecule has 0 unspecified atom stereocenters. The summed E-state index contributed by atoms with van der Waals surface area (Å²) in [5.41, 5.74) is 2.77. The van der Waals surface area contributed by atoms with Crippen LogP contribution in [0.15, 0.2) is 72.8 Å². The Bertz CT molecular complexity index is 1110. The van der Waals surface area contributed by atoms with Crippen molar-refractivity contribution in [3.63, 3.8) is 0 Å². The first-order valence-corrected chi connectivity index (χ1v) is 11.2. The maximum Gasteiger partial charge on any atom is 0.262 e. The van der Waals surface area contributed by atoms with Crippen molar-refractivity contribution < 1.29 is 19.1 Å². The van der Waals surface area contributed by atoms with Crippen LogP contribution in [-0.2, 0) is 4.79 Å². The zero-order valence-electron chi connectivity index (χ0n) is 20.0. The molecule has 3 rings (SSSR count). The Labute approximate surface area is 200 Å². The van der Waals surface area contributed by atoms with E-state index in [2.05, 4.69) is 36.3 Å². The molecule has 0 aliphatic carbocycles. The number of para-hydroxylation sites is 2. The number of anilines is 3. The standard InChI is InChI=1S/C27H31N3O4/c1-5-30(19(2)3)23-15-13-20(14-16-23)27(32)29-22-10-8-9-21(17-22)28-26(31)18-34-25-12-7-6-11-24(25)33-4/h6-17,19H,5,18H2,1-4H3,(H,28,31)(H,29,32). The van der Waals surface area contributed by atoms with E-state index in [9.17, 15) is 9.59 Å². The Morgan fingerprint density at radius 3 is 2.15 bits per heavy atom. The minimum atomic E-state index is -0.324. The molecule has 0 aromatic heterocycles. The van der Waals surface area contributed by atoms with Gasteiger partial charge in [0.15, 0.2) is 18.1 Å². The monoisotopic (exact) mass is 461 g/mol. The second-order valence-electron chi connectivity index (χ2n) is 7.95. The number of benzene rings is 3. The van der Waals surface area contributed by atoms with Crippen LogP contribution in [0.1, 0.15) is 31.1 Å². The molecule has 34 heavy (non-hydrogen) atoms. The van der Waals surface area contributed by atoms with Crippen LogP contribution in [0.4, 0.5) is 17.1 Å². The van der Waals surface area contributed by atoms with Crippen LogP contribution in [-0.4, -0.2) is 38.1 Å². The minimum absolute atomic E-state index is 0.172. The topological polar surface area (TPSA) is 79.9 Å². The van der Waals surface area contributed by atoms with Gasteiger partial charge in [-0.3, -0.25) is 9.59 Å². The summed E-state index contributed by atoms with van der Waals surface area (Å²) in [4.78, 5) is 27.3. The van der Waals surface area contributed by atoms with Crippen LogP contribution in [0.3, 0.4) is 0 Å². The highest BCUT2D eigenvalue weighted by molar-refractivity contribution is 6.05. The number of amides is 2. The normalized spacial score (nSPS) is 10.5. The molecule has 0 spiro atoms. The summed E-state index contributed by atoms with van der Waals surface area (Å²) in [7, 11) is 1.54. The van der Waals surface area contributed by atoms with Crippen LogP contribution >= 0.6 is 0 Å². The molecule has 7 heteroatoms. The SMILES string of the molecule is CCN(c1ccc(C(=O)Nc2cccc(NC(=O)COc3ccccc3OC)c2)cc1)C(C)C. The van der Waals surface area contributed by atoms with Gasteiger partial charge in [-0.05, 0) is 75.4 Å². The number of ether oxygens (including phenoxy) is 2. The predicted molar refractivity (Wildman–Crippen MR) is 136 cm³/mol. The summed E-state index contributed by atoms with van der Waals surface area (Å²) >= 11 is 0.